The maximum absolute atomic E-state index is 12.8. The SMILES string of the molecule is CCC(C)(C)N(C)c1cc(C(F)(F)F)nc(NC)n1. The first-order chi connectivity index (χ1) is 8.61. The van der Waals surface area contributed by atoms with E-state index in [1.165, 1.54) is 7.05 Å². The molecule has 0 saturated heterocycles. The first-order valence-electron chi connectivity index (χ1n) is 5.99. The third kappa shape index (κ3) is 3.48. The molecule has 1 rings (SSSR count). The molecule has 0 aliphatic carbocycles. The molecule has 1 aromatic rings. The number of halogens is 3. The van der Waals surface area contributed by atoms with Gasteiger partial charge in [0.2, 0.25) is 5.95 Å². The number of nitrogens with zero attached hydrogens (tertiary/aromatic N) is 3. The van der Waals surface area contributed by atoms with E-state index >= 15 is 0 Å². The van der Waals surface area contributed by atoms with E-state index < -0.39 is 11.9 Å². The molecule has 1 aromatic heterocycles. The average Bonchev–Trinajstić information content (AvgIpc) is 2.36. The summed E-state index contributed by atoms with van der Waals surface area (Å²) < 4.78 is 38.4. The van der Waals surface area contributed by atoms with Gasteiger partial charge in [-0.2, -0.15) is 18.2 Å². The third-order valence-corrected chi connectivity index (χ3v) is 3.34. The van der Waals surface area contributed by atoms with E-state index in [0.29, 0.717) is 0 Å². The molecule has 0 bridgehead atoms. The van der Waals surface area contributed by atoms with Crippen LogP contribution in [0.3, 0.4) is 0 Å². The Balaban J connectivity index is 3.28. The lowest BCUT2D eigenvalue weighted by Crippen LogP contribution is -2.41. The molecule has 0 amide bonds. The van der Waals surface area contributed by atoms with Gasteiger partial charge in [-0.05, 0) is 20.3 Å². The van der Waals surface area contributed by atoms with E-state index in [2.05, 4.69) is 15.3 Å². The van der Waals surface area contributed by atoms with Crippen molar-refractivity contribution in [3.8, 4) is 0 Å². The standard InChI is InChI=1S/C12H19F3N4/c1-6-11(2,3)19(5)9-7-8(12(13,14)15)17-10(16-4)18-9/h7H,6H2,1-5H3,(H,16,17,18). The normalized spacial score (nSPS) is 12.4. The summed E-state index contributed by atoms with van der Waals surface area (Å²) in [7, 11) is 3.22. The minimum atomic E-state index is -4.49. The molecule has 0 atom stereocenters. The van der Waals surface area contributed by atoms with E-state index in [-0.39, 0.29) is 17.3 Å². The van der Waals surface area contributed by atoms with E-state index in [0.717, 1.165) is 12.5 Å². The van der Waals surface area contributed by atoms with Crippen molar-refractivity contribution in [2.75, 3.05) is 24.3 Å². The molecule has 0 fully saturated rings. The maximum Gasteiger partial charge on any atom is 0.433 e. The lowest BCUT2D eigenvalue weighted by molar-refractivity contribution is -0.141. The van der Waals surface area contributed by atoms with E-state index in [4.69, 9.17) is 0 Å². The average molecular weight is 276 g/mol. The fourth-order valence-electron chi connectivity index (χ4n) is 1.41. The Hall–Kier alpha value is -1.53. The second kappa shape index (κ2) is 5.22. The van der Waals surface area contributed by atoms with Crippen LogP contribution in [0.25, 0.3) is 0 Å². The summed E-state index contributed by atoms with van der Waals surface area (Å²) in [6, 6.07) is 0.970. The van der Waals surface area contributed by atoms with Gasteiger partial charge in [0, 0.05) is 25.7 Å². The Morgan fingerprint density at radius 2 is 1.84 bits per heavy atom. The van der Waals surface area contributed by atoms with Crippen LogP contribution in [-0.4, -0.2) is 29.6 Å². The molecule has 0 radical (unpaired) electrons. The first kappa shape index (κ1) is 15.5. The molecule has 0 aliphatic heterocycles. The molecule has 0 saturated carbocycles. The molecule has 0 unspecified atom stereocenters. The summed E-state index contributed by atoms with van der Waals surface area (Å²) in [5.74, 6) is 0.210. The Kier molecular flexibility index (Phi) is 4.27. The molecule has 0 spiro atoms. The molecule has 108 valence electrons. The monoisotopic (exact) mass is 276 g/mol. The summed E-state index contributed by atoms with van der Waals surface area (Å²) in [4.78, 5) is 9.25. The van der Waals surface area contributed by atoms with Crippen LogP contribution in [0, 0.1) is 0 Å². The number of alkyl halides is 3. The van der Waals surface area contributed by atoms with Crippen LogP contribution in [0.4, 0.5) is 24.9 Å². The molecule has 1 N–H and O–H groups in total. The quantitative estimate of drug-likeness (QED) is 0.917. The van der Waals surface area contributed by atoms with Gasteiger partial charge < -0.3 is 10.2 Å². The number of hydrogen-bond donors (Lipinski definition) is 1. The largest absolute Gasteiger partial charge is 0.433 e. The van der Waals surface area contributed by atoms with Crippen molar-refractivity contribution in [3.63, 3.8) is 0 Å². The van der Waals surface area contributed by atoms with Gasteiger partial charge in [0.25, 0.3) is 0 Å². The number of nitrogens with one attached hydrogen (secondary N) is 1. The summed E-state index contributed by atoms with van der Waals surface area (Å²) in [5.41, 5.74) is -1.23. The van der Waals surface area contributed by atoms with E-state index in [9.17, 15) is 13.2 Å². The predicted molar refractivity (Wildman–Crippen MR) is 69.4 cm³/mol. The van der Waals surface area contributed by atoms with Gasteiger partial charge in [0.05, 0.1) is 0 Å². The second-order valence-electron chi connectivity index (χ2n) is 4.91. The zero-order chi connectivity index (χ0) is 14.8. The Morgan fingerprint density at radius 1 is 1.26 bits per heavy atom. The fraction of sp³-hybridized carbons (Fsp3) is 0.667. The van der Waals surface area contributed by atoms with Crippen molar-refractivity contribution in [1.29, 1.82) is 0 Å². The van der Waals surface area contributed by atoms with Crippen molar-refractivity contribution in [3.05, 3.63) is 11.8 Å². The van der Waals surface area contributed by atoms with Gasteiger partial charge in [-0.1, -0.05) is 6.92 Å². The molecule has 7 heteroatoms. The van der Waals surface area contributed by atoms with Gasteiger partial charge in [-0.15, -0.1) is 0 Å². The van der Waals surface area contributed by atoms with Crippen molar-refractivity contribution in [2.45, 2.75) is 38.9 Å². The van der Waals surface area contributed by atoms with Crippen molar-refractivity contribution in [1.82, 2.24) is 9.97 Å². The minimum absolute atomic E-state index is 0.0384. The van der Waals surface area contributed by atoms with Gasteiger partial charge in [0.1, 0.15) is 5.82 Å². The van der Waals surface area contributed by atoms with Gasteiger partial charge in [0.15, 0.2) is 5.69 Å². The molecular formula is C12H19F3N4. The van der Waals surface area contributed by atoms with Crippen molar-refractivity contribution < 1.29 is 13.2 Å². The number of hydrogen-bond acceptors (Lipinski definition) is 4. The van der Waals surface area contributed by atoms with Crippen LogP contribution in [0.1, 0.15) is 32.9 Å². The van der Waals surface area contributed by atoms with Crippen LogP contribution in [0.5, 0.6) is 0 Å². The summed E-state index contributed by atoms with van der Waals surface area (Å²) in [6.07, 6.45) is -3.70. The number of rotatable bonds is 4. The summed E-state index contributed by atoms with van der Waals surface area (Å²) in [5, 5.41) is 2.56. The Morgan fingerprint density at radius 3 is 2.26 bits per heavy atom. The third-order valence-electron chi connectivity index (χ3n) is 3.34. The second-order valence-corrected chi connectivity index (χ2v) is 4.91. The van der Waals surface area contributed by atoms with Crippen LogP contribution in [-0.2, 0) is 6.18 Å². The number of anilines is 2. The molecule has 0 aromatic carbocycles. The van der Waals surface area contributed by atoms with Crippen LogP contribution < -0.4 is 10.2 Å². The van der Waals surface area contributed by atoms with Gasteiger partial charge >= 0.3 is 6.18 Å². The van der Waals surface area contributed by atoms with E-state index in [1.54, 1.807) is 11.9 Å². The Labute approximate surface area is 111 Å². The van der Waals surface area contributed by atoms with Crippen molar-refractivity contribution in [2.24, 2.45) is 0 Å². The van der Waals surface area contributed by atoms with E-state index in [1.807, 2.05) is 20.8 Å². The molecular weight excluding hydrogens is 257 g/mol. The molecule has 4 nitrogen and oxygen atoms in total. The highest BCUT2D eigenvalue weighted by Crippen LogP contribution is 2.32. The zero-order valence-corrected chi connectivity index (χ0v) is 11.8. The fourth-order valence-corrected chi connectivity index (χ4v) is 1.41. The molecule has 1 heterocycles. The maximum atomic E-state index is 12.8. The summed E-state index contributed by atoms with van der Waals surface area (Å²) >= 11 is 0. The first-order valence-corrected chi connectivity index (χ1v) is 5.99. The highest BCUT2D eigenvalue weighted by atomic mass is 19.4. The van der Waals surface area contributed by atoms with Gasteiger partial charge in [-0.25, -0.2) is 4.98 Å². The van der Waals surface area contributed by atoms with Crippen molar-refractivity contribution >= 4 is 11.8 Å². The van der Waals surface area contributed by atoms with Gasteiger partial charge in [-0.3, -0.25) is 0 Å². The molecule has 19 heavy (non-hydrogen) atoms. The van der Waals surface area contributed by atoms with Crippen LogP contribution in [0.2, 0.25) is 0 Å². The lowest BCUT2D eigenvalue weighted by atomic mass is 10.00. The zero-order valence-electron chi connectivity index (χ0n) is 11.8. The minimum Gasteiger partial charge on any atom is -0.357 e. The van der Waals surface area contributed by atoms with Crippen LogP contribution in [0.15, 0.2) is 6.07 Å². The highest BCUT2D eigenvalue weighted by Gasteiger charge is 2.35. The highest BCUT2D eigenvalue weighted by molar-refractivity contribution is 5.46. The smallest absolute Gasteiger partial charge is 0.357 e. The lowest BCUT2D eigenvalue weighted by Gasteiger charge is -2.36. The van der Waals surface area contributed by atoms with Crippen LogP contribution >= 0.6 is 0 Å². The topological polar surface area (TPSA) is 41.1 Å². The Bertz CT molecular complexity index is 443. The predicted octanol–water partition coefficient (Wildman–Crippen LogP) is 3.16. The number of aromatic nitrogens is 2. The summed E-state index contributed by atoms with van der Waals surface area (Å²) in [6.45, 7) is 5.87. The molecule has 0 aliphatic rings.